The zero-order valence-corrected chi connectivity index (χ0v) is 19.4. The Morgan fingerprint density at radius 1 is 1.13 bits per heavy atom. The minimum absolute atomic E-state index is 0.110. The molecular formula is C24H36N6O. The molecule has 1 saturated heterocycles. The predicted molar refractivity (Wildman–Crippen MR) is 122 cm³/mol. The molecule has 2 aliphatic rings. The van der Waals surface area contributed by atoms with E-state index in [1.54, 1.807) is 0 Å². The summed E-state index contributed by atoms with van der Waals surface area (Å²) in [7, 11) is 2.12. The average molecular weight is 425 g/mol. The molecule has 2 aromatic rings. The van der Waals surface area contributed by atoms with Crippen LogP contribution in [0.3, 0.4) is 0 Å². The average Bonchev–Trinajstić information content (AvgIpc) is 3.05. The molecule has 1 atom stereocenters. The molecule has 3 heterocycles. The van der Waals surface area contributed by atoms with Crippen LogP contribution in [0.25, 0.3) is 0 Å². The number of aryl methyl sites for hydroxylation is 2. The van der Waals surface area contributed by atoms with Gasteiger partial charge in [0, 0.05) is 38.5 Å². The second-order valence-corrected chi connectivity index (χ2v) is 9.39. The smallest absolute Gasteiger partial charge is 0.223 e. The number of carbonyl (C=O) groups excluding carboxylic acids is 1. The summed E-state index contributed by atoms with van der Waals surface area (Å²) in [5.41, 5.74) is 4.06. The number of nitrogens with zero attached hydrogens (tertiary/aromatic N) is 5. The van der Waals surface area contributed by atoms with E-state index in [0.29, 0.717) is 0 Å². The van der Waals surface area contributed by atoms with E-state index in [-0.39, 0.29) is 17.9 Å². The van der Waals surface area contributed by atoms with Gasteiger partial charge < -0.3 is 14.8 Å². The second kappa shape index (κ2) is 9.49. The van der Waals surface area contributed by atoms with Crippen LogP contribution in [0, 0.1) is 19.8 Å². The zero-order chi connectivity index (χ0) is 22.0. The Balaban J connectivity index is 1.37. The van der Waals surface area contributed by atoms with Crippen LogP contribution in [-0.4, -0.2) is 63.7 Å². The SMILES string of the molecule is Cc1ccc(CN2CCc3nnc(C(C)NC(=O)C4CCN(C)CC4)n3CC2)c(C)c1. The van der Waals surface area contributed by atoms with Crippen LogP contribution in [0.2, 0.25) is 0 Å². The number of piperidine rings is 1. The quantitative estimate of drug-likeness (QED) is 0.799. The van der Waals surface area contributed by atoms with E-state index >= 15 is 0 Å². The zero-order valence-electron chi connectivity index (χ0n) is 19.4. The molecule has 168 valence electrons. The third-order valence-corrected chi connectivity index (χ3v) is 6.87. The van der Waals surface area contributed by atoms with E-state index in [2.05, 4.69) is 69.0 Å². The Hall–Kier alpha value is -2.25. The molecule has 0 saturated carbocycles. The molecule has 0 aliphatic carbocycles. The minimum Gasteiger partial charge on any atom is -0.346 e. The molecule has 1 fully saturated rings. The molecule has 4 rings (SSSR count). The fraction of sp³-hybridized carbons (Fsp3) is 0.625. The number of fused-ring (bicyclic) bond motifs is 1. The van der Waals surface area contributed by atoms with E-state index in [1.165, 1.54) is 16.7 Å². The molecule has 7 nitrogen and oxygen atoms in total. The van der Waals surface area contributed by atoms with Crippen molar-refractivity contribution in [2.75, 3.05) is 33.2 Å². The molecule has 7 heteroatoms. The minimum atomic E-state index is -0.126. The number of amides is 1. The lowest BCUT2D eigenvalue weighted by Gasteiger charge is -2.29. The first-order valence-corrected chi connectivity index (χ1v) is 11.6. The number of benzene rings is 1. The van der Waals surface area contributed by atoms with Crippen molar-refractivity contribution in [2.24, 2.45) is 5.92 Å². The van der Waals surface area contributed by atoms with Crippen LogP contribution in [0.5, 0.6) is 0 Å². The first-order chi connectivity index (χ1) is 14.9. The Morgan fingerprint density at radius 3 is 2.65 bits per heavy atom. The largest absolute Gasteiger partial charge is 0.346 e. The standard InChI is InChI=1S/C24H36N6O/c1-17-5-6-21(18(2)15-17)16-29-12-9-22-26-27-23(30(22)14-13-29)19(3)25-24(31)20-7-10-28(4)11-8-20/h5-6,15,19-20H,7-14,16H2,1-4H3,(H,25,31). The summed E-state index contributed by atoms with van der Waals surface area (Å²) in [5, 5.41) is 12.1. The highest BCUT2D eigenvalue weighted by molar-refractivity contribution is 5.79. The van der Waals surface area contributed by atoms with Crippen LogP contribution in [0.15, 0.2) is 18.2 Å². The molecule has 1 unspecified atom stereocenters. The topological polar surface area (TPSA) is 66.3 Å². The van der Waals surface area contributed by atoms with Crippen molar-refractivity contribution < 1.29 is 4.79 Å². The molecule has 0 radical (unpaired) electrons. The number of hydrogen-bond donors (Lipinski definition) is 1. The third-order valence-electron chi connectivity index (χ3n) is 6.87. The maximum Gasteiger partial charge on any atom is 0.223 e. The van der Waals surface area contributed by atoms with Crippen LogP contribution in [-0.2, 0) is 24.3 Å². The molecule has 1 amide bonds. The normalized spacial score (nSPS) is 19.6. The second-order valence-electron chi connectivity index (χ2n) is 9.39. The summed E-state index contributed by atoms with van der Waals surface area (Å²) >= 11 is 0. The molecule has 0 bridgehead atoms. The van der Waals surface area contributed by atoms with Gasteiger partial charge in [-0.15, -0.1) is 10.2 Å². The van der Waals surface area contributed by atoms with Crippen molar-refractivity contribution in [2.45, 2.75) is 59.2 Å². The highest BCUT2D eigenvalue weighted by Crippen LogP contribution is 2.21. The molecule has 1 aromatic heterocycles. The summed E-state index contributed by atoms with van der Waals surface area (Å²) in [6.07, 6.45) is 2.74. The molecule has 2 aliphatic heterocycles. The van der Waals surface area contributed by atoms with E-state index in [0.717, 1.165) is 70.2 Å². The van der Waals surface area contributed by atoms with E-state index in [4.69, 9.17) is 0 Å². The summed E-state index contributed by atoms with van der Waals surface area (Å²) < 4.78 is 2.22. The van der Waals surface area contributed by atoms with Crippen molar-refractivity contribution in [1.82, 2.24) is 29.9 Å². The van der Waals surface area contributed by atoms with Gasteiger partial charge in [0.25, 0.3) is 0 Å². The number of likely N-dealkylation sites (tertiary alicyclic amines) is 1. The summed E-state index contributed by atoms with van der Waals surface area (Å²) in [4.78, 5) is 17.5. The lowest BCUT2D eigenvalue weighted by Crippen LogP contribution is -2.40. The van der Waals surface area contributed by atoms with Crippen molar-refractivity contribution in [3.8, 4) is 0 Å². The van der Waals surface area contributed by atoms with Gasteiger partial charge in [-0.05, 0) is 64.9 Å². The first-order valence-electron chi connectivity index (χ1n) is 11.6. The fourth-order valence-electron chi connectivity index (χ4n) is 4.80. The summed E-state index contributed by atoms with van der Waals surface area (Å²) in [6, 6.07) is 6.58. The number of hydrogen-bond acceptors (Lipinski definition) is 5. The molecular weight excluding hydrogens is 388 g/mol. The molecule has 1 aromatic carbocycles. The Bertz CT molecular complexity index is 915. The van der Waals surface area contributed by atoms with Crippen molar-refractivity contribution in [1.29, 1.82) is 0 Å². The van der Waals surface area contributed by atoms with Gasteiger partial charge in [0.15, 0.2) is 5.82 Å². The van der Waals surface area contributed by atoms with Crippen LogP contribution in [0.4, 0.5) is 0 Å². The van der Waals surface area contributed by atoms with Crippen LogP contribution >= 0.6 is 0 Å². The molecule has 1 N–H and O–H groups in total. The monoisotopic (exact) mass is 424 g/mol. The summed E-state index contributed by atoms with van der Waals surface area (Å²) in [6.45, 7) is 12.1. The van der Waals surface area contributed by atoms with Crippen molar-refractivity contribution >= 4 is 5.91 Å². The number of carbonyl (C=O) groups is 1. The Labute approximate surface area is 185 Å². The van der Waals surface area contributed by atoms with Crippen LogP contribution < -0.4 is 5.32 Å². The third kappa shape index (κ3) is 5.15. The molecule has 31 heavy (non-hydrogen) atoms. The lowest BCUT2D eigenvalue weighted by molar-refractivity contribution is -0.127. The van der Waals surface area contributed by atoms with Crippen molar-refractivity contribution in [3.05, 3.63) is 46.5 Å². The van der Waals surface area contributed by atoms with E-state index in [1.807, 2.05) is 6.92 Å². The Morgan fingerprint density at radius 2 is 1.90 bits per heavy atom. The van der Waals surface area contributed by atoms with Gasteiger partial charge in [0.05, 0.1) is 6.04 Å². The van der Waals surface area contributed by atoms with Gasteiger partial charge in [0.2, 0.25) is 5.91 Å². The van der Waals surface area contributed by atoms with Crippen LogP contribution in [0.1, 0.15) is 54.1 Å². The fourth-order valence-corrected chi connectivity index (χ4v) is 4.80. The lowest BCUT2D eigenvalue weighted by atomic mass is 9.96. The number of rotatable bonds is 5. The van der Waals surface area contributed by atoms with Gasteiger partial charge in [-0.2, -0.15) is 0 Å². The van der Waals surface area contributed by atoms with Gasteiger partial charge in [-0.25, -0.2) is 0 Å². The molecule has 0 spiro atoms. The highest BCUT2D eigenvalue weighted by atomic mass is 16.2. The Kier molecular flexibility index (Phi) is 6.72. The van der Waals surface area contributed by atoms with Gasteiger partial charge in [-0.1, -0.05) is 23.8 Å². The van der Waals surface area contributed by atoms with Gasteiger partial charge in [-0.3, -0.25) is 9.69 Å². The maximum atomic E-state index is 12.8. The maximum absolute atomic E-state index is 12.8. The predicted octanol–water partition coefficient (Wildman–Crippen LogP) is 2.47. The summed E-state index contributed by atoms with van der Waals surface area (Å²) in [5.74, 6) is 2.17. The van der Waals surface area contributed by atoms with Gasteiger partial charge in [0.1, 0.15) is 5.82 Å². The number of aromatic nitrogens is 3. The van der Waals surface area contributed by atoms with Crippen molar-refractivity contribution in [3.63, 3.8) is 0 Å². The highest BCUT2D eigenvalue weighted by Gasteiger charge is 2.27. The first kappa shape index (κ1) is 22.0. The van der Waals surface area contributed by atoms with Gasteiger partial charge >= 0.3 is 0 Å². The van der Waals surface area contributed by atoms with E-state index < -0.39 is 0 Å². The van der Waals surface area contributed by atoms with E-state index in [9.17, 15) is 4.79 Å². The number of nitrogens with one attached hydrogen (secondary N) is 1.